The zero-order valence-corrected chi connectivity index (χ0v) is 17.2. The van der Waals surface area contributed by atoms with Gasteiger partial charge in [0.15, 0.2) is 0 Å². The van der Waals surface area contributed by atoms with Gasteiger partial charge in [0.2, 0.25) is 17.7 Å². The third kappa shape index (κ3) is 4.69. The number of amides is 1. The number of hydrogen-bond acceptors (Lipinski definition) is 7. The number of rotatable bonds is 8. The zero-order chi connectivity index (χ0) is 23.6. The highest BCUT2D eigenvalue weighted by atomic mass is 19.4. The minimum atomic E-state index is -4.67. The van der Waals surface area contributed by atoms with Crippen LogP contribution in [0, 0.1) is 0 Å². The normalized spacial score (nSPS) is 37.4. The number of carbonyl (C=O) groups excluding carboxylic acids is 1. The van der Waals surface area contributed by atoms with Gasteiger partial charge in [0, 0.05) is 24.3 Å². The van der Waals surface area contributed by atoms with Crippen LogP contribution in [0.15, 0.2) is 4.42 Å². The second-order valence-corrected chi connectivity index (χ2v) is 9.53. The van der Waals surface area contributed by atoms with Crippen LogP contribution >= 0.6 is 0 Å². The summed E-state index contributed by atoms with van der Waals surface area (Å²) < 4.78 is 91.9. The van der Waals surface area contributed by atoms with Gasteiger partial charge < -0.3 is 14.5 Å². The van der Waals surface area contributed by atoms with Crippen molar-refractivity contribution in [1.82, 2.24) is 15.5 Å². The Morgan fingerprint density at radius 2 is 1.52 bits per heavy atom. The molecule has 0 spiro atoms. The Kier molecular flexibility index (Phi) is 5.22. The fraction of sp³-hybridized carbons (Fsp3) is 0.842. The average Bonchev–Trinajstić information content (AvgIpc) is 3.01. The van der Waals surface area contributed by atoms with Gasteiger partial charge in [0.25, 0.3) is 0 Å². The van der Waals surface area contributed by atoms with E-state index in [0.717, 1.165) is 0 Å². The summed E-state index contributed by atoms with van der Waals surface area (Å²) in [6.07, 6.45) is -9.30. The molecule has 0 atom stereocenters. The summed E-state index contributed by atoms with van der Waals surface area (Å²) in [4.78, 5) is 12.2. The second kappa shape index (κ2) is 7.54. The number of carbonyl (C=O) groups is 1. The molecule has 1 heterocycles. The summed E-state index contributed by atoms with van der Waals surface area (Å²) in [5, 5.41) is 10.9. The van der Waals surface area contributed by atoms with E-state index < -0.39 is 36.6 Å². The number of aromatic nitrogens is 2. The monoisotopic (exact) mass is 485 g/mol. The highest BCUT2D eigenvalue weighted by Gasteiger charge is 2.72. The van der Waals surface area contributed by atoms with Crippen LogP contribution in [0.25, 0.3) is 0 Å². The molecular weight excluding hydrogens is 464 g/mol. The molecule has 5 fully saturated rings. The maximum Gasteiger partial charge on any atom is 0.522 e. The van der Waals surface area contributed by atoms with E-state index in [1.165, 1.54) is 0 Å². The maximum absolute atomic E-state index is 12.2. The highest BCUT2D eigenvalue weighted by Crippen LogP contribution is 2.67. The van der Waals surface area contributed by atoms with E-state index in [1.807, 2.05) is 0 Å². The third-order valence-corrected chi connectivity index (χ3v) is 6.88. The van der Waals surface area contributed by atoms with E-state index >= 15 is 0 Å². The fourth-order valence-corrected chi connectivity index (χ4v) is 5.28. The molecule has 2 bridgehead atoms. The van der Waals surface area contributed by atoms with Crippen LogP contribution in [0.5, 0.6) is 0 Å². The van der Waals surface area contributed by atoms with Crippen molar-refractivity contribution in [2.45, 2.75) is 92.9 Å². The average molecular weight is 485 g/mol. The van der Waals surface area contributed by atoms with E-state index in [0.29, 0.717) is 31.0 Å². The number of nitrogens with zero attached hydrogens (tertiary/aromatic N) is 2. The molecule has 5 aliphatic carbocycles. The van der Waals surface area contributed by atoms with Crippen molar-refractivity contribution in [2.75, 3.05) is 6.61 Å². The van der Waals surface area contributed by atoms with Gasteiger partial charge in [0.1, 0.15) is 6.61 Å². The molecule has 33 heavy (non-hydrogen) atoms. The molecule has 1 N–H and O–H groups in total. The summed E-state index contributed by atoms with van der Waals surface area (Å²) in [7, 11) is 0. The van der Waals surface area contributed by atoms with Crippen LogP contribution in [0.3, 0.4) is 0 Å². The molecule has 184 valence electrons. The lowest BCUT2D eigenvalue weighted by Gasteiger charge is -2.68. The molecule has 0 saturated heterocycles. The zero-order valence-electron chi connectivity index (χ0n) is 17.2. The lowest BCUT2D eigenvalue weighted by molar-refractivity contribution is -0.357. The van der Waals surface area contributed by atoms with Crippen LogP contribution in [0.1, 0.15) is 62.6 Å². The summed E-state index contributed by atoms with van der Waals surface area (Å²) >= 11 is 0. The third-order valence-electron chi connectivity index (χ3n) is 6.88. The van der Waals surface area contributed by atoms with Gasteiger partial charge in [-0.3, -0.25) is 14.3 Å². The predicted octanol–water partition coefficient (Wildman–Crippen LogP) is 3.23. The van der Waals surface area contributed by atoms with Crippen LogP contribution in [0.2, 0.25) is 0 Å². The molecule has 0 unspecified atom stereocenters. The van der Waals surface area contributed by atoms with Crippen LogP contribution in [0.4, 0.5) is 26.3 Å². The van der Waals surface area contributed by atoms with Crippen LogP contribution < -0.4 is 5.32 Å². The van der Waals surface area contributed by atoms with E-state index in [9.17, 15) is 31.1 Å². The second-order valence-electron chi connectivity index (χ2n) is 9.53. The molecule has 1 aromatic heterocycles. The van der Waals surface area contributed by atoms with E-state index in [4.69, 9.17) is 9.15 Å². The number of halogens is 6. The van der Waals surface area contributed by atoms with Gasteiger partial charge in [-0.2, -0.15) is 0 Å². The van der Waals surface area contributed by atoms with Crippen LogP contribution in [-0.2, 0) is 24.4 Å². The van der Waals surface area contributed by atoms with E-state index in [1.54, 1.807) is 0 Å². The molecule has 1 aromatic rings. The van der Waals surface area contributed by atoms with Gasteiger partial charge in [-0.15, -0.1) is 36.5 Å². The standard InChI is InChI=1S/C19H21F6N3O5/c20-18(21,22)32-11-1-9(2-11)14-27-28-15(31-14)16-6-17(7-16,8-16)26-13(29)5-30-10-3-12(4-10)33-19(23,24)25/h9-12H,1-8H2,(H,26,29)/t9?,10-,11?,12+,16?,17?. The topological polar surface area (TPSA) is 95.7 Å². The number of ether oxygens (including phenoxy) is 3. The molecule has 1 amide bonds. The minimum Gasteiger partial charge on any atom is -0.424 e. The molecule has 5 aliphatic rings. The Morgan fingerprint density at radius 3 is 2.09 bits per heavy atom. The summed E-state index contributed by atoms with van der Waals surface area (Å²) in [5.41, 5.74) is -0.722. The van der Waals surface area contributed by atoms with Crippen molar-refractivity contribution in [1.29, 1.82) is 0 Å². The van der Waals surface area contributed by atoms with Crippen molar-refractivity contribution >= 4 is 5.91 Å². The lowest BCUT2D eigenvalue weighted by Crippen LogP contribution is -2.77. The van der Waals surface area contributed by atoms with Gasteiger partial charge >= 0.3 is 12.7 Å². The van der Waals surface area contributed by atoms with Gasteiger partial charge in [0.05, 0.1) is 23.7 Å². The molecule has 14 heteroatoms. The maximum atomic E-state index is 12.2. The van der Waals surface area contributed by atoms with Gasteiger partial charge in [-0.25, -0.2) is 0 Å². The van der Waals surface area contributed by atoms with Crippen molar-refractivity contribution in [3.05, 3.63) is 11.8 Å². The van der Waals surface area contributed by atoms with Crippen molar-refractivity contribution in [3.63, 3.8) is 0 Å². The highest BCUT2D eigenvalue weighted by molar-refractivity contribution is 5.79. The minimum absolute atomic E-state index is 0.0879. The van der Waals surface area contributed by atoms with Crippen molar-refractivity contribution in [2.24, 2.45) is 0 Å². The summed E-state index contributed by atoms with van der Waals surface area (Å²) in [6.45, 7) is -0.244. The Labute approximate surface area is 183 Å². The van der Waals surface area contributed by atoms with Crippen LogP contribution in [-0.4, -0.2) is 59.3 Å². The molecule has 0 aliphatic heterocycles. The predicted molar refractivity (Wildman–Crippen MR) is 93.5 cm³/mol. The molecule has 5 saturated carbocycles. The first-order valence-corrected chi connectivity index (χ1v) is 10.6. The molecule has 6 rings (SSSR count). The van der Waals surface area contributed by atoms with Crippen molar-refractivity contribution < 1.29 is 49.8 Å². The van der Waals surface area contributed by atoms with Gasteiger partial charge in [-0.1, -0.05) is 0 Å². The first-order chi connectivity index (χ1) is 15.3. The quantitative estimate of drug-likeness (QED) is 0.565. The number of nitrogens with one attached hydrogen (secondary N) is 1. The van der Waals surface area contributed by atoms with E-state index in [2.05, 4.69) is 25.0 Å². The molecule has 0 radical (unpaired) electrons. The number of alkyl halides is 6. The fourth-order valence-electron chi connectivity index (χ4n) is 5.28. The summed E-state index contributed by atoms with van der Waals surface area (Å²) in [5.74, 6) is 0.121. The lowest BCUT2D eigenvalue weighted by atomic mass is 9.39. The SMILES string of the molecule is O=C(CO[C@H]1C[C@@H](OC(F)(F)F)C1)NC12CC(c3nnc(C4CC(OC(F)(F)F)C4)o3)(C1)C2. The Balaban J connectivity index is 1.01. The first-order valence-electron chi connectivity index (χ1n) is 10.6. The molecule has 0 aromatic carbocycles. The molecular formula is C19H21F6N3O5. The Morgan fingerprint density at radius 1 is 0.939 bits per heavy atom. The largest absolute Gasteiger partial charge is 0.522 e. The Hall–Kier alpha value is -1.93. The smallest absolute Gasteiger partial charge is 0.424 e. The number of hydrogen-bond donors (Lipinski definition) is 1. The summed E-state index contributed by atoms with van der Waals surface area (Å²) in [6, 6.07) is 0. The van der Waals surface area contributed by atoms with Gasteiger partial charge in [-0.05, 0) is 32.1 Å². The van der Waals surface area contributed by atoms with E-state index in [-0.39, 0.29) is 49.5 Å². The first kappa shape index (κ1) is 22.8. The Bertz CT molecular complexity index is 887. The van der Waals surface area contributed by atoms with Crippen molar-refractivity contribution in [3.8, 4) is 0 Å². The molecule has 8 nitrogen and oxygen atoms in total.